The van der Waals surface area contributed by atoms with E-state index in [2.05, 4.69) is 78.4 Å². The summed E-state index contributed by atoms with van der Waals surface area (Å²) in [6.45, 7) is 0. The number of nitrogens with zero attached hydrogens (tertiary/aromatic N) is 6. The fraction of sp³-hybridized carbons (Fsp3) is 0.400. The summed E-state index contributed by atoms with van der Waals surface area (Å²) in [6.07, 6.45) is -29.7. The molecule has 0 spiro atoms. The molecular weight excluding hydrogens is 1170 g/mol. The van der Waals surface area contributed by atoms with Crippen LogP contribution < -0.4 is 15.3 Å². The van der Waals surface area contributed by atoms with Gasteiger partial charge in [-0.25, -0.2) is 0 Å². The Bertz CT molecular complexity index is 1090. The molecule has 0 bridgehead atoms. The number of halogens is 21. The molecular formula is C15Ag3Br3F18N6. The van der Waals surface area contributed by atoms with E-state index in [-0.39, 0.29) is 67.1 Å². The summed E-state index contributed by atoms with van der Waals surface area (Å²) in [5, 5.41) is 14.5. The maximum absolute atomic E-state index is 12.0. The number of rotatable bonds is 0. The summed E-state index contributed by atoms with van der Waals surface area (Å²) in [5.74, 6) is 0. The average molecular weight is 1170 g/mol. The van der Waals surface area contributed by atoms with E-state index in [1.165, 1.54) is 0 Å². The van der Waals surface area contributed by atoms with E-state index in [1.807, 2.05) is 0 Å². The molecule has 3 rings (SSSR count). The van der Waals surface area contributed by atoms with E-state index >= 15 is 0 Å². The molecule has 0 fully saturated rings. The molecule has 0 aliphatic carbocycles. The van der Waals surface area contributed by atoms with E-state index < -0.39 is 84.6 Å². The summed E-state index contributed by atoms with van der Waals surface area (Å²) >= 11 is 6.47. The second kappa shape index (κ2) is 17.1. The first-order chi connectivity index (χ1) is 18.4. The minimum Gasteiger partial charge on any atom is -0.570 e. The molecule has 270 valence electrons. The van der Waals surface area contributed by atoms with Crippen molar-refractivity contribution in [2.45, 2.75) is 37.1 Å². The third-order valence-corrected chi connectivity index (χ3v) is 5.86. The van der Waals surface area contributed by atoms with Crippen molar-refractivity contribution in [2.24, 2.45) is 0 Å². The van der Waals surface area contributed by atoms with Crippen LogP contribution in [-0.2, 0) is 104 Å². The SMILES string of the molecule is FC(F)(F)c1n[n-]c(C(F)(F)F)c1Br.FC(F)(F)c1n[n-]c(C(F)(F)F)c1Br.FC(F)(F)c1n[n-]c(C(F)(F)F)c1Br.[Ag+].[Ag+].[Ag+]. The van der Waals surface area contributed by atoms with Crippen molar-refractivity contribution in [3.63, 3.8) is 0 Å². The second-order valence-electron chi connectivity index (χ2n) is 6.62. The molecule has 0 aliphatic rings. The van der Waals surface area contributed by atoms with Gasteiger partial charge in [0.1, 0.15) is 17.1 Å². The summed E-state index contributed by atoms with van der Waals surface area (Å²) in [5.41, 5.74) is -10.1. The molecule has 0 amide bonds. The first-order valence-corrected chi connectivity index (χ1v) is 11.3. The largest absolute Gasteiger partial charge is 1.00 e. The molecule has 0 saturated heterocycles. The molecule has 0 radical (unpaired) electrons. The van der Waals surface area contributed by atoms with Gasteiger partial charge in [0.25, 0.3) is 0 Å². The van der Waals surface area contributed by atoms with Crippen molar-refractivity contribution in [3.8, 4) is 0 Å². The number of hydrogen-bond donors (Lipinski definition) is 0. The predicted molar refractivity (Wildman–Crippen MR) is 106 cm³/mol. The molecule has 0 atom stereocenters. The molecule has 30 heteroatoms. The maximum Gasteiger partial charge on any atom is 1.00 e. The van der Waals surface area contributed by atoms with Crippen LogP contribution in [0.1, 0.15) is 34.2 Å². The normalized spacial score (nSPS) is 12.5. The molecule has 0 unspecified atom stereocenters. The van der Waals surface area contributed by atoms with Gasteiger partial charge in [0.2, 0.25) is 0 Å². The van der Waals surface area contributed by atoms with Crippen LogP contribution in [0, 0.1) is 0 Å². The van der Waals surface area contributed by atoms with Crippen LogP contribution in [0.15, 0.2) is 13.4 Å². The third-order valence-electron chi connectivity index (χ3n) is 3.61. The Morgan fingerprint density at radius 2 is 0.489 bits per heavy atom. The van der Waals surface area contributed by atoms with Gasteiger partial charge in [-0.05, 0) is 64.9 Å². The maximum atomic E-state index is 12.0. The van der Waals surface area contributed by atoms with Gasteiger partial charge >= 0.3 is 104 Å². The van der Waals surface area contributed by atoms with E-state index in [9.17, 15) is 79.0 Å². The first kappa shape index (κ1) is 49.4. The van der Waals surface area contributed by atoms with Crippen LogP contribution in [0.2, 0.25) is 0 Å². The molecule has 45 heavy (non-hydrogen) atoms. The van der Waals surface area contributed by atoms with Crippen LogP contribution in [0.25, 0.3) is 0 Å². The van der Waals surface area contributed by atoms with Crippen molar-refractivity contribution in [1.82, 2.24) is 30.6 Å². The van der Waals surface area contributed by atoms with Gasteiger partial charge in [-0.2, -0.15) is 79.0 Å². The summed E-state index contributed by atoms with van der Waals surface area (Å²) in [7, 11) is 0. The Kier molecular flexibility index (Phi) is 18.8. The van der Waals surface area contributed by atoms with Crippen molar-refractivity contribution >= 4 is 47.8 Å². The summed E-state index contributed by atoms with van der Waals surface area (Å²) in [6, 6.07) is 0. The van der Waals surface area contributed by atoms with Crippen molar-refractivity contribution in [1.29, 1.82) is 0 Å². The van der Waals surface area contributed by atoms with Crippen LogP contribution in [-0.4, -0.2) is 15.3 Å². The quantitative estimate of drug-likeness (QED) is 0.166. The van der Waals surface area contributed by atoms with E-state index in [1.54, 1.807) is 0 Å². The molecule has 0 saturated carbocycles. The van der Waals surface area contributed by atoms with Gasteiger partial charge in [-0.1, -0.05) is 0 Å². The van der Waals surface area contributed by atoms with Gasteiger partial charge in [0.15, 0.2) is 0 Å². The Balaban J connectivity index is -0.000000569. The molecule has 3 aromatic heterocycles. The van der Waals surface area contributed by atoms with Crippen LogP contribution in [0.4, 0.5) is 79.0 Å². The zero-order valence-corrected chi connectivity index (χ0v) is 28.2. The minimum atomic E-state index is -4.95. The van der Waals surface area contributed by atoms with Crippen LogP contribution in [0.3, 0.4) is 0 Å². The Morgan fingerprint density at radius 3 is 0.556 bits per heavy atom. The topological polar surface area (TPSA) is 81.0 Å². The van der Waals surface area contributed by atoms with Gasteiger partial charge in [0.05, 0.1) is 0 Å². The van der Waals surface area contributed by atoms with E-state index in [4.69, 9.17) is 0 Å². The molecule has 6 nitrogen and oxygen atoms in total. The third kappa shape index (κ3) is 13.8. The first-order valence-electron chi connectivity index (χ1n) is 8.91. The Morgan fingerprint density at radius 1 is 0.333 bits per heavy atom. The van der Waals surface area contributed by atoms with E-state index in [0.717, 1.165) is 0 Å². The summed E-state index contributed by atoms with van der Waals surface area (Å²) in [4.78, 5) is 0. The molecule has 0 aliphatic heterocycles. The minimum absolute atomic E-state index is 0. The zero-order chi connectivity index (χ0) is 33.4. The monoisotopic (exact) mass is 1160 g/mol. The fourth-order valence-electron chi connectivity index (χ4n) is 1.99. The van der Waals surface area contributed by atoms with Gasteiger partial charge in [-0.3, -0.25) is 0 Å². The Hall–Kier alpha value is 0.0308. The van der Waals surface area contributed by atoms with Crippen molar-refractivity contribution < 1.29 is 146 Å². The molecule has 0 aromatic carbocycles. The van der Waals surface area contributed by atoms with E-state index in [0.29, 0.717) is 0 Å². The molecule has 0 N–H and O–H groups in total. The standard InChI is InChI=1S/3C5BrF6N2.3Ag/c3*6-1-2(4(7,8)9)13-14-3(1)5(10,11)12;;;/q3*-1;3*+1. The number of alkyl halides is 18. The summed E-state index contributed by atoms with van der Waals surface area (Å²) < 4.78 is 212. The predicted octanol–water partition coefficient (Wildman–Crippen LogP) is 8.51. The van der Waals surface area contributed by atoms with Crippen LogP contribution in [0.5, 0.6) is 0 Å². The number of hydrogen-bond acceptors (Lipinski definition) is 3. The number of aromatic nitrogens is 6. The fourth-order valence-corrected chi connectivity index (χ4v) is 3.81. The smallest absolute Gasteiger partial charge is 0.570 e. The van der Waals surface area contributed by atoms with Gasteiger partial charge < -0.3 is 30.6 Å². The zero-order valence-electron chi connectivity index (χ0n) is 19.0. The van der Waals surface area contributed by atoms with Crippen molar-refractivity contribution in [3.05, 3.63) is 47.6 Å². The van der Waals surface area contributed by atoms with Crippen molar-refractivity contribution in [2.75, 3.05) is 0 Å². The Labute approximate surface area is 306 Å². The van der Waals surface area contributed by atoms with Gasteiger partial charge in [0, 0.05) is 13.4 Å². The van der Waals surface area contributed by atoms with Crippen LogP contribution >= 0.6 is 47.8 Å². The average Bonchev–Trinajstić information content (AvgIpc) is 3.42. The molecule has 3 aromatic rings. The second-order valence-corrected chi connectivity index (χ2v) is 9.00. The molecule has 3 heterocycles. The van der Waals surface area contributed by atoms with Gasteiger partial charge in [-0.15, -0.1) is 0 Å².